The Bertz CT molecular complexity index is 482. The number of hydrogen-bond donors (Lipinski definition) is 1. The maximum Gasteiger partial charge on any atom is 0.268 e. The van der Waals surface area contributed by atoms with Crippen LogP contribution in [0.5, 0.6) is 0 Å². The molecule has 0 aromatic carbocycles. The van der Waals surface area contributed by atoms with E-state index >= 15 is 0 Å². The van der Waals surface area contributed by atoms with Gasteiger partial charge in [-0.3, -0.25) is 9.89 Å². The number of H-pyrrole nitrogens is 1. The van der Waals surface area contributed by atoms with Gasteiger partial charge in [0.15, 0.2) is 0 Å². The molecule has 5 nitrogen and oxygen atoms in total. The van der Waals surface area contributed by atoms with Crippen molar-refractivity contribution in [2.45, 2.75) is 6.92 Å². The average Bonchev–Trinajstić information content (AvgIpc) is 2.35. The van der Waals surface area contributed by atoms with Crippen LogP contribution in [0.2, 0.25) is 0 Å². The zero-order valence-electron chi connectivity index (χ0n) is 6.83. The number of aromatic nitrogens is 4. The summed E-state index contributed by atoms with van der Waals surface area (Å²) in [5.74, 6) is 0. The van der Waals surface area contributed by atoms with Crippen LogP contribution in [0.1, 0.15) is 5.69 Å². The number of rotatable bonds is 0. The van der Waals surface area contributed by atoms with Crippen LogP contribution in [0.3, 0.4) is 0 Å². The molecule has 0 amide bonds. The van der Waals surface area contributed by atoms with E-state index in [9.17, 15) is 4.79 Å². The second-order valence-electron chi connectivity index (χ2n) is 2.68. The Kier molecular flexibility index (Phi) is 1.27. The maximum atomic E-state index is 11.1. The summed E-state index contributed by atoms with van der Waals surface area (Å²) in [6.07, 6.45) is 0. The minimum absolute atomic E-state index is 0.133. The Morgan fingerprint density at radius 1 is 1.58 bits per heavy atom. The Morgan fingerprint density at radius 3 is 3.08 bits per heavy atom. The molecule has 1 N–H and O–H groups in total. The Balaban J connectivity index is 2.97. The minimum Gasteiger partial charge on any atom is -0.276 e. The van der Waals surface area contributed by atoms with Crippen molar-refractivity contribution in [1.82, 2.24) is 20.0 Å². The molecule has 0 aliphatic rings. The van der Waals surface area contributed by atoms with Crippen LogP contribution in [-0.4, -0.2) is 20.0 Å². The largest absolute Gasteiger partial charge is 0.276 e. The molecule has 2 aromatic rings. The summed E-state index contributed by atoms with van der Waals surface area (Å²) >= 11 is 0. The Morgan fingerprint density at radius 2 is 2.33 bits per heavy atom. The molecule has 0 radical (unpaired) electrons. The summed E-state index contributed by atoms with van der Waals surface area (Å²) in [6.45, 7) is 1.84. The molecule has 0 aliphatic carbocycles. The van der Waals surface area contributed by atoms with Gasteiger partial charge in [0.2, 0.25) is 0 Å². The van der Waals surface area contributed by atoms with Crippen molar-refractivity contribution in [2.24, 2.45) is 7.05 Å². The molecule has 5 heteroatoms. The van der Waals surface area contributed by atoms with Gasteiger partial charge in [-0.2, -0.15) is 10.2 Å². The summed E-state index contributed by atoms with van der Waals surface area (Å²) in [5.41, 5.74) is 2.11. The third-order valence-electron chi connectivity index (χ3n) is 1.78. The lowest BCUT2D eigenvalue weighted by molar-refractivity contribution is 0.725. The highest BCUT2D eigenvalue weighted by atomic mass is 16.1. The maximum absolute atomic E-state index is 11.1. The molecular formula is C7H8N4O. The number of nitrogens with one attached hydrogen (secondary N) is 1. The number of aryl methyl sites for hydroxylation is 2. The van der Waals surface area contributed by atoms with Gasteiger partial charge in [-0.05, 0) is 6.92 Å². The van der Waals surface area contributed by atoms with Gasteiger partial charge in [0.1, 0.15) is 5.52 Å². The highest BCUT2D eigenvalue weighted by Crippen LogP contribution is 2.07. The number of fused-ring (bicyclic) bond motifs is 1. The lowest BCUT2D eigenvalue weighted by Gasteiger charge is -1.93. The van der Waals surface area contributed by atoms with E-state index in [2.05, 4.69) is 15.3 Å². The molecular weight excluding hydrogens is 156 g/mol. The van der Waals surface area contributed by atoms with Crippen LogP contribution in [0.25, 0.3) is 11.0 Å². The standard InChI is InChI=1S/C7H8N4O/c1-4-7-5(9-8-4)3-6(12)11(2)10-7/h3,9H,1-2H3. The van der Waals surface area contributed by atoms with E-state index in [-0.39, 0.29) is 5.56 Å². The topological polar surface area (TPSA) is 63.6 Å². The van der Waals surface area contributed by atoms with E-state index in [0.717, 1.165) is 11.2 Å². The fourth-order valence-electron chi connectivity index (χ4n) is 1.09. The van der Waals surface area contributed by atoms with E-state index in [4.69, 9.17) is 0 Å². The van der Waals surface area contributed by atoms with Crippen molar-refractivity contribution < 1.29 is 0 Å². The Labute approximate surface area is 68.0 Å². The molecule has 0 aliphatic heterocycles. The highest BCUT2D eigenvalue weighted by molar-refractivity contribution is 5.75. The van der Waals surface area contributed by atoms with Gasteiger partial charge in [-0.1, -0.05) is 0 Å². The zero-order chi connectivity index (χ0) is 8.72. The first-order chi connectivity index (χ1) is 5.68. The zero-order valence-corrected chi connectivity index (χ0v) is 6.83. The lowest BCUT2D eigenvalue weighted by atomic mass is 10.3. The number of hydrogen-bond acceptors (Lipinski definition) is 3. The quantitative estimate of drug-likeness (QED) is 0.594. The predicted molar refractivity (Wildman–Crippen MR) is 43.9 cm³/mol. The van der Waals surface area contributed by atoms with Gasteiger partial charge in [-0.15, -0.1) is 0 Å². The van der Waals surface area contributed by atoms with Gasteiger partial charge in [-0.25, -0.2) is 4.68 Å². The molecule has 12 heavy (non-hydrogen) atoms. The van der Waals surface area contributed by atoms with E-state index in [0.29, 0.717) is 5.52 Å². The van der Waals surface area contributed by atoms with Crippen LogP contribution in [0.15, 0.2) is 10.9 Å². The molecule has 2 rings (SSSR count). The van der Waals surface area contributed by atoms with Crippen LogP contribution in [0.4, 0.5) is 0 Å². The lowest BCUT2D eigenvalue weighted by Crippen LogP contribution is -2.17. The van der Waals surface area contributed by atoms with Crippen molar-refractivity contribution in [2.75, 3.05) is 0 Å². The van der Waals surface area contributed by atoms with Crippen LogP contribution >= 0.6 is 0 Å². The van der Waals surface area contributed by atoms with Gasteiger partial charge in [0.25, 0.3) is 5.56 Å². The van der Waals surface area contributed by atoms with Crippen molar-refractivity contribution in [1.29, 1.82) is 0 Å². The SMILES string of the molecule is Cc1n[nH]c2cc(=O)n(C)nc12. The van der Waals surface area contributed by atoms with Crippen LogP contribution < -0.4 is 5.56 Å². The van der Waals surface area contributed by atoms with E-state index in [1.807, 2.05) is 6.92 Å². The third-order valence-corrected chi connectivity index (χ3v) is 1.78. The molecule has 0 unspecified atom stereocenters. The molecule has 0 saturated heterocycles. The molecule has 2 heterocycles. The molecule has 0 spiro atoms. The number of nitrogens with zero attached hydrogens (tertiary/aromatic N) is 3. The molecule has 0 fully saturated rings. The first-order valence-corrected chi connectivity index (χ1v) is 3.57. The first-order valence-electron chi connectivity index (χ1n) is 3.57. The van der Waals surface area contributed by atoms with Crippen LogP contribution in [-0.2, 0) is 7.05 Å². The van der Waals surface area contributed by atoms with Gasteiger partial charge in [0, 0.05) is 13.1 Å². The van der Waals surface area contributed by atoms with Gasteiger partial charge in [0.05, 0.1) is 11.2 Å². The second kappa shape index (κ2) is 2.17. The van der Waals surface area contributed by atoms with Gasteiger partial charge >= 0.3 is 0 Å². The molecule has 2 aromatic heterocycles. The van der Waals surface area contributed by atoms with Crippen LogP contribution in [0, 0.1) is 6.92 Å². The highest BCUT2D eigenvalue weighted by Gasteiger charge is 2.03. The smallest absolute Gasteiger partial charge is 0.268 e. The number of aromatic amines is 1. The molecule has 0 bridgehead atoms. The fourth-order valence-corrected chi connectivity index (χ4v) is 1.09. The normalized spacial score (nSPS) is 10.8. The summed E-state index contributed by atoms with van der Waals surface area (Å²) in [7, 11) is 1.62. The monoisotopic (exact) mass is 164 g/mol. The van der Waals surface area contributed by atoms with Crippen molar-refractivity contribution in [3.63, 3.8) is 0 Å². The van der Waals surface area contributed by atoms with E-state index in [1.165, 1.54) is 10.7 Å². The molecule has 62 valence electrons. The minimum atomic E-state index is -0.133. The van der Waals surface area contributed by atoms with E-state index < -0.39 is 0 Å². The third kappa shape index (κ3) is 0.827. The average molecular weight is 164 g/mol. The first kappa shape index (κ1) is 7.02. The Hall–Kier alpha value is -1.65. The summed E-state index contributed by atoms with van der Waals surface area (Å²) in [4.78, 5) is 11.1. The van der Waals surface area contributed by atoms with Gasteiger partial charge < -0.3 is 0 Å². The van der Waals surface area contributed by atoms with Crippen molar-refractivity contribution >= 4 is 11.0 Å². The summed E-state index contributed by atoms with van der Waals surface area (Å²) < 4.78 is 1.30. The summed E-state index contributed by atoms with van der Waals surface area (Å²) in [5, 5.41) is 10.7. The fraction of sp³-hybridized carbons (Fsp3) is 0.286. The predicted octanol–water partition coefficient (Wildman–Crippen LogP) is -0.0350. The molecule has 0 saturated carbocycles. The van der Waals surface area contributed by atoms with Crippen molar-refractivity contribution in [3.8, 4) is 0 Å². The summed E-state index contributed by atoms with van der Waals surface area (Å²) in [6, 6.07) is 1.49. The second-order valence-corrected chi connectivity index (χ2v) is 2.68. The van der Waals surface area contributed by atoms with E-state index in [1.54, 1.807) is 7.05 Å². The van der Waals surface area contributed by atoms with Crippen molar-refractivity contribution in [3.05, 3.63) is 22.1 Å². The molecule has 0 atom stereocenters.